The number of rotatable bonds is 12. The Bertz CT molecular complexity index is 2790. The lowest BCUT2D eigenvalue weighted by molar-refractivity contribution is 1.07. The zero-order chi connectivity index (χ0) is 41.3. The monoisotopic (exact) mass is 842 g/mol. The van der Waals surface area contributed by atoms with E-state index in [4.69, 9.17) is 19.5 Å². The van der Waals surface area contributed by atoms with E-state index in [0.29, 0.717) is 12.4 Å². The Labute approximate surface area is 363 Å². The molecule has 0 aliphatic rings. The predicted octanol–water partition coefficient (Wildman–Crippen LogP) is 12.4. The van der Waals surface area contributed by atoms with Crippen LogP contribution in [-0.4, -0.2) is 11.2 Å². The average Bonchev–Trinajstić information content (AvgIpc) is 3.74. The second-order valence-corrected chi connectivity index (χ2v) is 21.7. The van der Waals surface area contributed by atoms with Crippen molar-refractivity contribution >= 4 is 75.0 Å². The molecule has 9 rings (SSSR count). The first-order valence-corrected chi connectivity index (χ1v) is 24.7. The molecule has 296 valence electrons. The van der Waals surface area contributed by atoms with Crippen LogP contribution in [0.2, 0.25) is 0 Å². The number of aliphatic imine (C=N–C) groups is 1. The Morgan fingerprint density at radius 1 is 0.459 bits per heavy atom. The van der Waals surface area contributed by atoms with E-state index in [1.54, 1.807) is 11.3 Å². The van der Waals surface area contributed by atoms with Gasteiger partial charge in [0.2, 0.25) is 0 Å². The maximum Gasteiger partial charge on any atom is 0.172 e. The van der Waals surface area contributed by atoms with Gasteiger partial charge in [0, 0.05) is 43.6 Å². The van der Waals surface area contributed by atoms with Gasteiger partial charge in [-0.1, -0.05) is 230 Å². The number of hydrogen-bond donors (Lipinski definition) is 0. The van der Waals surface area contributed by atoms with E-state index >= 15 is 0 Å². The summed E-state index contributed by atoms with van der Waals surface area (Å²) in [7, 11) is -5.10. The summed E-state index contributed by atoms with van der Waals surface area (Å²) in [5.41, 5.74) is 4.22. The van der Waals surface area contributed by atoms with E-state index in [-0.39, 0.29) is 0 Å². The van der Waals surface area contributed by atoms with Crippen LogP contribution >= 0.6 is 25.4 Å². The van der Waals surface area contributed by atoms with E-state index in [0.717, 1.165) is 48.2 Å². The molecule has 1 heterocycles. The maximum atomic E-state index is 5.89. The van der Waals surface area contributed by atoms with Crippen molar-refractivity contribution in [2.75, 3.05) is 0 Å². The molecule has 0 atom stereocenters. The Morgan fingerprint density at radius 2 is 0.836 bits per heavy atom. The van der Waals surface area contributed by atoms with Gasteiger partial charge in [0.15, 0.2) is 5.82 Å². The van der Waals surface area contributed by atoms with Gasteiger partial charge in [0.1, 0.15) is 5.01 Å². The van der Waals surface area contributed by atoms with Crippen LogP contribution in [0.4, 0.5) is 11.5 Å². The van der Waals surface area contributed by atoms with Gasteiger partial charge in [-0.15, -0.1) is 11.3 Å². The Kier molecular flexibility index (Phi) is 12.1. The van der Waals surface area contributed by atoms with Gasteiger partial charge in [-0.25, -0.2) is 9.73 Å². The number of nitrogens with zero attached hydrogens (tertiary/aromatic N) is 4. The molecule has 1 aromatic heterocycles. The van der Waals surface area contributed by atoms with E-state index in [1.165, 1.54) is 15.9 Å². The topological polar surface area (TPSA) is 50.0 Å². The Hall–Kier alpha value is -6.48. The third-order valence-electron chi connectivity index (χ3n) is 10.6. The molecule has 0 aliphatic carbocycles. The molecule has 4 nitrogen and oxygen atoms in total. The third-order valence-corrected chi connectivity index (χ3v) is 18.9. The van der Waals surface area contributed by atoms with E-state index in [1.807, 2.05) is 12.3 Å². The molecule has 0 radical (unpaired) electrons. The molecule has 7 heteroatoms. The highest BCUT2D eigenvalue weighted by atomic mass is 32.1. The van der Waals surface area contributed by atoms with Crippen LogP contribution in [0.1, 0.15) is 16.0 Å². The largest absolute Gasteiger partial charge is 0.287 e. The summed E-state index contributed by atoms with van der Waals surface area (Å²) in [5, 5.41) is 8.01. The minimum atomic E-state index is -2.60. The predicted molar refractivity (Wildman–Crippen MR) is 264 cm³/mol. The smallest absolute Gasteiger partial charge is 0.172 e. The highest BCUT2D eigenvalue weighted by Gasteiger charge is 2.30. The summed E-state index contributed by atoms with van der Waals surface area (Å²) in [6.07, 6.45) is 1.98. The lowest BCUT2D eigenvalue weighted by atomic mass is 10.1. The second-order valence-electron chi connectivity index (χ2n) is 14.7. The van der Waals surface area contributed by atoms with Crippen LogP contribution in [0, 0.1) is 6.92 Å². The number of hydrogen-bond acceptors (Lipinski definition) is 5. The minimum Gasteiger partial charge on any atom is -0.287 e. The number of thiazole rings is 1. The van der Waals surface area contributed by atoms with Crippen molar-refractivity contribution in [3.8, 4) is 10.6 Å². The van der Waals surface area contributed by atoms with E-state index < -0.39 is 14.1 Å². The van der Waals surface area contributed by atoms with Crippen molar-refractivity contribution in [3.63, 3.8) is 0 Å². The minimum absolute atomic E-state index is 0.438. The Morgan fingerprint density at radius 3 is 1.25 bits per heavy atom. The summed E-state index contributed by atoms with van der Waals surface area (Å²) in [6.45, 7) is 2.57. The molecule has 0 aliphatic heterocycles. The molecule has 0 saturated carbocycles. The second kappa shape index (κ2) is 18.4. The van der Waals surface area contributed by atoms with Crippen molar-refractivity contribution in [3.05, 3.63) is 247 Å². The average molecular weight is 843 g/mol. The molecule has 0 unspecified atom stereocenters. The van der Waals surface area contributed by atoms with Crippen molar-refractivity contribution < 1.29 is 0 Å². The fourth-order valence-electron chi connectivity index (χ4n) is 7.76. The Balaban J connectivity index is 1.22. The molecular weight excluding hydrogens is 799 g/mol. The third kappa shape index (κ3) is 8.34. The maximum absolute atomic E-state index is 5.89. The highest BCUT2D eigenvalue weighted by molar-refractivity contribution is 7.88. The van der Waals surface area contributed by atoms with Gasteiger partial charge in [0.05, 0.1) is 31.2 Å². The van der Waals surface area contributed by atoms with Crippen molar-refractivity contribution in [1.29, 1.82) is 0 Å². The first-order valence-electron chi connectivity index (χ1n) is 20.4. The summed E-state index contributed by atoms with van der Waals surface area (Å²) < 4.78 is 11.8. The van der Waals surface area contributed by atoms with Gasteiger partial charge >= 0.3 is 0 Å². The highest BCUT2D eigenvalue weighted by Crippen LogP contribution is 2.51. The van der Waals surface area contributed by atoms with Gasteiger partial charge in [-0.3, -0.25) is 9.74 Å². The summed E-state index contributed by atoms with van der Waals surface area (Å²) in [6, 6.07) is 81.4. The SMILES string of the molecule is Cc1ccc(N=P(c2ccccc2)(c2ccccc2)c2ccccc2)c(CN=Cc2sc(-c3ccccc3)nc2N=P(c2ccccc2)(c2ccccc2)c2ccccc2)c1. The number of aryl methyl sites for hydroxylation is 1. The number of benzene rings is 8. The molecule has 0 N–H and O–H groups in total. The lowest BCUT2D eigenvalue weighted by Gasteiger charge is -2.27. The van der Waals surface area contributed by atoms with Crippen LogP contribution in [0.25, 0.3) is 10.6 Å². The summed E-state index contributed by atoms with van der Waals surface area (Å²) in [5.74, 6) is 0.689. The molecule has 0 amide bonds. The molecule has 0 fully saturated rings. The van der Waals surface area contributed by atoms with E-state index in [2.05, 4.69) is 231 Å². The zero-order valence-electron chi connectivity index (χ0n) is 33.8. The molecule has 0 bridgehead atoms. The van der Waals surface area contributed by atoms with E-state index in [9.17, 15) is 0 Å². The normalized spacial score (nSPS) is 11.7. The summed E-state index contributed by atoms with van der Waals surface area (Å²) >= 11 is 1.63. The van der Waals surface area contributed by atoms with Gasteiger partial charge in [-0.05, 0) is 18.6 Å². The molecule has 61 heavy (non-hydrogen) atoms. The van der Waals surface area contributed by atoms with Gasteiger partial charge < -0.3 is 0 Å². The van der Waals surface area contributed by atoms with Gasteiger partial charge in [0.25, 0.3) is 0 Å². The molecular formula is C54H44N4P2S. The molecule has 0 saturated heterocycles. The first-order chi connectivity index (χ1) is 30.1. The van der Waals surface area contributed by atoms with Crippen molar-refractivity contribution in [2.24, 2.45) is 14.5 Å². The van der Waals surface area contributed by atoms with Gasteiger partial charge in [-0.2, -0.15) is 0 Å². The fourth-order valence-corrected chi connectivity index (χ4v) is 15.8. The molecule has 9 aromatic rings. The van der Waals surface area contributed by atoms with Crippen molar-refractivity contribution in [2.45, 2.75) is 13.5 Å². The first kappa shape index (κ1) is 40.0. The molecule has 8 aromatic carbocycles. The van der Waals surface area contributed by atoms with Crippen LogP contribution in [0.3, 0.4) is 0 Å². The number of aromatic nitrogens is 1. The van der Waals surface area contributed by atoms with Crippen LogP contribution in [0.15, 0.2) is 245 Å². The standard InChI is InChI=1S/C54H44N4P2S/c1-42-37-38-51(57-59(45-25-11-3-12-26-45,46-27-13-4-14-28-46)47-29-15-5-16-30-47)44(39-42)40-55-41-52-53(56-54(61-52)43-23-9-2-10-24-43)58-60(48-31-17-6-18-32-48,49-33-19-7-20-34-49)50-35-21-8-22-36-50/h2-39,41H,40H2,1H3. The van der Waals surface area contributed by atoms with Crippen LogP contribution in [-0.2, 0) is 6.54 Å². The van der Waals surface area contributed by atoms with Crippen molar-refractivity contribution in [1.82, 2.24) is 4.98 Å². The summed E-state index contributed by atoms with van der Waals surface area (Å²) in [4.78, 5) is 11.5. The van der Waals surface area contributed by atoms with Crippen LogP contribution in [0.5, 0.6) is 0 Å². The lowest BCUT2D eigenvalue weighted by Crippen LogP contribution is -2.25. The quantitative estimate of drug-likeness (QED) is 0.0893. The zero-order valence-corrected chi connectivity index (χ0v) is 36.4. The fraction of sp³-hybridized carbons (Fsp3) is 0.0370. The van der Waals surface area contributed by atoms with Crippen LogP contribution < -0.4 is 31.8 Å². The molecule has 0 spiro atoms.